The molecule has 2 amide bonds. The number of halogens is 1. The van der Waals surface area contributed by atoms with Crippen LogP contribution in [0.4, 0.5) is 11.4 Å². The molecule has 4 rings (SSSR count). The van der Waals surface area contributed by atoms with Crippen molar-refractivity contribution in [2.24, 2.45) is 0 Å². The molecule has 0 aromatic heterocycles. The van der Waals surface area contributed by atoms with Crippen LogP contribution in [0.2, 0.25) is 5.02 Å². The Morgan fingerprint density at radius 3 is 2.39 bits per heavy atom. The van der Waals surface area contributed by atoms with Gasteiger partial charge in [0.1, 0.15) is 16.4 Å². The minimum absolute atomic E-state index is 0.215. The van der Waals surface area contributed by atoms with E-state index in [1.54, 1.807) is 18.2 Å². The van der Waals surface area contributed by atoms with Crippen molar-refractivity contribution >= 4 is 46.6 Å². The van der Waals surface area contributed by atoms with Crippen molar-refractivity contribution in [2.45, 2.75) is 25.7 Å². The van der Waals surface area contributed by atoms with Crippen LogP contribution in [0.15, 0.2) is 82.2 Å². The standard InChI is InChI=1S/C26H23ClN2O3S/c1-4-32-22-8-6-5-7-20(22)28-23-24(33-19-12-9-16(2)10-13-19)26(31)29(25(23)30)21-14-11-18(27)15-17(21)3/h5-15,28H,4H2,1-3H3. The van der Waals surface area contributed by atoms with E-state index in [1.165, 1.54) is 16.7 Å². The highest BCUT2D eigenvalue weighted by atomic mass is 35.5. The molecule has 1 N–H and O–H groups in total. The van der Waals surface area contributed by atoms with Gasteiger partial charge in [-0.15, -0.1) is 0 Å². The van der Waals surface area contributed by atoms with E-state index in [4.69, 9.17) is 16.3 Å². The fraction of sp³-hybridized carbons (Fsp3) is 0.154. The molecule has 0 saturated carbocycles. The monoisotopic (exact) mass is 478 g/mol. The topological polar surface area (TPSA) is 58.6 Å². The smallest absolute Gasteiger partial charge is 0.283 e. The number of hydrogen-bond acceptors (Lipinski definition) is 5. The summed E-state index contributed by atoms with van der Waals surface area (Å²) >= 11 is 7.36. The summed E-state index contributed by atoms with van der Waals surface area (Å²) in [6.45, 7) is 6.20. The van der Waals surface area contributed by atoms with Gasteiger partial charge in [-0.2, -0.15) is 0 Å². The maximum absolute atomic E-state index is 13.6. The highest BCUT2D eigenvalue weighted by molar-refractivity contribution is 8.04. The SMILES string of the molecule is CCOc1ccccc1NC1=C(Sc2ccc(C)cc2)C(=O)N(c2ccc(Cl)cc2C)C1=O. The summed E-state index contributed by atoms with van der Waals surface area (Å²) in [4.78, 5) is 29.5. The number of rotatable bonds is 7. The molecule has 1 aliphatic heterocycles. The number of benzene rings is 3. The predicted octanol–water partition coefficient (Wildman–Crippen LogP) is 6.34. The Hall–Kier alpha value is -3.22. The van der Waals surface area contributed by atoms with Crippen molar-refractivity contribution in [1.82, 2.24) is 0 Å². The van der Waals surface area contributed by atoms with E-state index < -0.39 is 5.91 Å². The molecule has 33 heavy (non-hydrogen) atoms. The van der Waals surface area contributed by atoms with E-state index in [2.05, 4.69) is 5.32 Å². The fourth-order valence-electron chi connectivity index (χ4n) is 3.51. The zero-order valence-corrected chi connectivity index (χ0v) is 20.1. The number of anilines is 2. The van der Waals surface area contributed by atoms with Crippen LogP contribution < -0.4 is 15.0 Å². The van der Waals surface area contributed by atoms with Crippen LogP contribution in [0, 0.1) is 13.8 Å². The first-order valence-corrected chi connectivity index (χ1v) is 11.7. The van der Waals surface area contributed by atoms with Crippen molar-refractivity contribution in [3.8, 4) is 5.75 Å². The minimum Gasteiger partial charge on any atom is -0.492 e. The van der Waals surface area contributed by atoms with Gasteiger partial charge in [0, 0.05) is 9.92 Å². The van der Waals surface area contributed by atoms with E-state index in [9.17, 15) is 9.59 Å². The van der Waals surface area contributed by atoms with Crippen LogP contribution in [0.3, 0.4) is 0 Å². The lowest BCUT2D eigenvalue weighted by Gasteiger charge is -2.18. The molecule has 168 valence electrons. The van der Waals surface area contributed by atoms with Gasteiger partial charge in [-0.1, -0.05) is 53.2 Å². The molecular weight excluding hydrogens is 456 g/mol. The van der Waals surface area contributed by atoms with Gasteiger partial charge in [-0.05, 0) is 68.8 Å². The van der Waals surface area contributed by atoms with E-state index in [0.717, 1.165) is 16.0 Å². The van der Waals surface area contributed by atoms with Gasteiger partial charge in [0.2, 0.25) is 0 Å². The van der Waals surface area contributed by atoms with E-state index in [0.29, 0.717) is 33.7 Å². The first-order valence-electron chi connectivity index (χ1n) is 10.5. The van der Waals surface area contributed by atoms with Gasteiger partial charge < -0.3 is 10.1 Å². The zero-order chi connectivity index (χ0) is 23.5. The largest absolute Gasteiger partial charge is 0.492 e. The second kappa shape index (κ2) is 9.73. The highest BCUT2D eigenvalue weighted by Gasteiger charge is 2.41. The number of carbonyl (C=O) groups is 2. The van der Waals surface area contributed by atoms with Gasteiger partial charge >= 0.3 is 0 Å². The fourth-order valence-corrected chi connectivity index (χ4v) is 4.67. The summed E-state index contributed by atoms with van der Waals surface area (Å²) in [5.41, 5.74) is 3.19. The Morgan fingerprint density at radius 1 is 0.970 bits per heavy atom. The lowest BCUT2D eigenvalue weighted by Crippen LogP contribution is -2.33. The second-order valence-electron chi connectivity index (χ2n) is 7.55. The summed E-state index contributed by atoms with van der Waals surface area (Å²) in [5.74, 6) is -0.202. The molecule has 3 aromatic rings. The van der Waals surface area contributed by atoms with Crippen molar-refractivity contribution in [3.63, 3.8) is 0 Å². The quantitative estimate of drug-likeness (QED) is 0.401. The molecule has 1 heterocycles. The second-order valence-corrected chi connectivity index (χ2v) is 9.07. The van der Waals surface area contributed by atoms with Crippen molar-refractivity contribution in [3.05, 3.63) is 93.5 Å². The lowest BCUT2D eigenvalue weighted by molar-refractivity contribution is -0.120. The Balaban J connectivity index is 1.78. The molecule has 0 unspecified atom stereocenters. The number of para-hydroxylation sites is 2. The predicted molar refractivity (Wildman–Crippen MR) is 134 cm³/mol. The van der Waals surface area contributed by atoms with E-state index in [-0.39, 0.29) is 11.6 Å². The molecule has 0 fully saturated rings. The van der Waals surface area contributed by atoms with Crippen LogP contribution in [-0.2, 0) is 9.59 Å². The van der Waals surface area contributed by atoms with Gasteiger partial charge in [0.05, 0.1) is 18.0 Å². The molecule has 1 aliphatic rings. The van der Waals surface area contributed by atoms with Crippen molar-refractivity contribution in [2.75, 3.05) is 16.8 Å². The minimum atomic E-state index is -0.425. The molecule has 5 nitrogen and oxygen atoms in total. The van der Waals surface area contributed by atoms with Gasteiger partial charge in [-0.25, -0.2) is 4.90 Å². The van der Waals surface area contributed by atoms with Crippen LogP contribution in [0.25, 0.3) is 0 Å². The summed E-state index contributed by atoms with van der Waals surface area (Å²) in [6, 6.07) is 20.3. The Bertz CT molecular complexity index is 1250. The Labute approximate surface area is 202 Å². The van der Waals surface area contributed by atoms with Gasteiger partial charge in [0.15, 0.2) is 0 Å². The zero-order valence-electron chi connectivity index (χ0n) is 18.5. The van der Waals surface area contributed by atoms with E-state index in [1.807, 2.05) is 69.3 Å². The van der Waals surface area contributed by atoms with Crippen LogP contribution in [0.1, 0.15) is 18.1 Å². The molecule has 0 saturated heterocycles. The molecular formula is C26H23ClN2O3S. The third-order valence-corrected chi connectivity index (χ3v) is 6.45. The van der Waals surface area contributed by atoms with Gasteiger partial charge in [-0.3, -0.25) is 9.59 Å². The van der Waals surface area contributed by atoms with Crippen LogP contribution in [0.5, 0.6) is 5.75 Å². The normalized spacial score (nSPS) is 13.6. The first-order chi connectivity index (χ1) is 15.9. The number of aryl methyl sites for hydroxylation is 2. The van der Waals surface area contributed by atoms with Crippen molar-refractivity contribution in [1.29, 1.82) is 0 Å². The van der Waals surface area contributed by atoms with Crippen molar-refractivity contribution < 1.29 is 14.3 Å². The lowest BCUT2D eigenvalue weighted by atomic mass is 10.2. The van der Waals surface area contributed by atoms with Crippen LogP contribution >= 0.6 is 23.4 Å². The number of ether oxygens (including phenoxy) is 1. The van der Waals surface area contributed by atoms with Gasteiger partial charge in [0.25, 0.3) is 11.8 Å². The maximum atomic E-state index is 13.6. The third-order valence-electron chi connectivity index (χ3n) is 5.13. The summed E-state index contributed by atoms with van der Waals surface area (Å²) in [7, 11) is 0. The molecule has 0 radical (unpaired) electrons. The molecule has 0 atom stereocenters. The molecule has 3 aromatic carbocycles. The Kier molecular flexibility index (Phi) is 6.77. The first kappa shape index (κ1) is 23.0. The average molecular weight is 479 g/mol. The summed E-state index contributed by atoms with van der Waals surface area (Å²) in [6.07, 6.45) is 0. The Morgan fingerprint density at radius 2 is 1.70 bits per heavy atom. The highest BCUT2D eigenvalue weighted by Crippen LogP contribution is 2.40. The summed E-state index contributed by atoms with van der Waals surface area (Å²) < 4.78 is 5.70. The van der Waals surface area contributed by atoms with E-state index >= 15 is 0 Å². The third kappa shape index (κ3) is 4.77. The molecule has 7 heteroatoms. The number of imide groups is 1. The molecule has 0 spiro atoms. The maximum Gasteiger partial charge on any atom is 0.283 e. The number of nitrogens with one attached hydrogen (secondary N) is 1. The molecule has 0 aliphatic carbocycles. The number of carbonyl (C=O) groups excluding carboxylic acids is 2. The average Bonchev–Trinajstić information content (AvgIpc) is 3.01. The number of nitrogens with zero attached hydrogens (tertiary/aromatic N) is 1. The van der Waals surface area contributed by atoms with Crippen LogP contribution in [-0.4, -0.2) is 18.4 Å². The summed E-state index contributed by atoms with van der Waals surface area (Å²) in [5, 5.41) is 3.73. The number of hydrogen-bond donors (Lipinski definition) is 1. The number of thioether (sulfide) groups is 1. The molecule has 0 bridgehead atoms. The number of amides is 2.